The van der Waals surface area contributed by atoms with Crippen molar-refractivity contribution in [3.63, 3.8) is 0 Å². The fourth-order valence-electron chi connectivity index (χ4n) is 3.73. The van der Waals surface area contributed by atoms with Crippen LogP contribution >= 0.6 is 0 Å². The highest BCUT2D eigenvalue weighted by molar-refractivity contribution is 7.88. The predicted molar refractivity (Wildman–Crippen MR) is 91.5 cm³/mol. The van der Waals surface area contributed by atoms with Crippen LogP contribution in [0, 0.1) is 5.92 Å². The number of nitrogens with zero attached hydrogens (tertiary/aromatic N) is 2. The molecule has 2 heterocycles. The smallest absolute Gasteiger partial charge is 0.208 e. The summed E-state index contributed by atoms with van der Waals surface area (Å²) in [5.41, 5.74) is 0. The van der Waals surface area contributed by atoms with Crippen LogP contribution in [-0.2, 0) is 10.0 Å². The molecule has 22 heavy (non-hydrogen) atoms. The fourth-order valence-corrected chi connectivity index (χ4v) is 4.19. The maximum atomic E-state index is 11.1. The molecule has 1 atom stereocenters. The minimum atomic E-state index is -3.04. The minimum Gasteiger partial charge on any atom is -0.302 e. The average molecular weight is 332 g/mol. The third-order valence-electron chi connectivity index (χ3n) is 5.26. The zero-order valence-corrected chi connectivity index (χ0v) is 15.1. The van der Waals surface area contributed by atoms with Gasteiger partial charge in [-0.2, -0.15) is 0 Å². The Labute approximate surface area is 136 Å². The summed E-state index contributed by atoms with van der Waals surface area (Å²) in [5, 5.41) is 0. The first kappa shape index (κ1) is 18.2. The largest absolute Gasteiger partial charge is 0.302 e. The summed E-state index contributed by atoms with van der Waals surface area (Å²) in [4.78, 5) is 5.06. The molecular formula is C16H33N3O2S. The highest BCUT2D eigenvalue weighted by Crippen LogP contribution is 2.23. The van der Waals surface area contributed by atoms with Gasteiger partial charge in [-0.05, 0) is 71.1 Å². The van der Waals surface area contributed by atoms with E-state index in [1.807, 2.05) is 0 Å². The molecule has 0 aromatic heterocycles. The van der Waals surface area contributed by atoms with Crippen LogP contribution in [0.15, 0.2) is 0 Å². The van der Waals surface area contributed by atoms with Crippen molar-refractivity contribution >= 4 is 10.0 Å². The molecule has 2 rings (SSSR count). The van der Waals surface area contributed by atoms with E-state index in [-0.39, 0.29) is 0 Å². The molecule has 0 radical (unpaired) electrons. The van der Waals surface area contributed by atoms with E-state index in [2.05, 4.69) is 21.4 Å². The summed E-state index contributed by atoms with van der Waals surface area (Å²) >= 11 is 0. The molecule has 0 amide bonds. The number of rotatable bonds is 7. The van der Waals surface area contributed by atoms with E-state index in [1.54, 1.807) is 0 Å². The molecule has 2 aliphatic rings. The van der Waals surface area contributed by atoms with Gasteiger partial charge in [0.2, 0.25) is 10.0 Å². The van der Waals surface area contributed by atoms with Crippen molar-refractivity contribution in [2.45, 2.75) is 51.5 Å². The van der Waals surface area contributed by atoms with E-state index in [0.717, 1.165) is 31.6 Å². The number of nitrogens with one attached hydrogen (secondary N) is 1. The van der Waals surface area contributed by atoms with E-state index in [1.165, 1.54) is 57.9 Å². The Morgan fingerprint density at radius 1 is 1.05 bits per heavy atom. The van der Waals surface area contributed by atoms with Gasteiger partial charge in [0.15, 0.2) is 0 Å². The molecule has 0 spiro atoms. The summed E-state index contributed by atoms with van der Waals surface area (Å²) < 4.78 is 24.7. The lowest BCUT2D eigenvalue weighted by Gasteiger charge is -2.36. The average Bonchev–Trinajstić information content (AvgIpc) is 2.46. The first-order chi connectivity index (χ1) is 10.4. The Hall–Kier alpha value is -0.170. The van der Waals surface area contributed by atoms with E-state index in [4.69, 9.17) is 0 Å². The molecule has 0 aliphatic carbocycles. The lowest BCUT2D eigenvalue weighted by Crippen LogP contribution is -2.41. The van der Waals surface area contributed by atoms with Gasteiger partial charge in [0.25, 0.3) is 0 Å². The fraction of sp³-hybridized carbons (Fsp3) is 1.00. The van der Waals surface area contributed by atoms with Crippen molar-refractivity contribution < 1.29 is 8.42 Å². The highest BCUT2D eigenvalue weighted by Gasteiger charge is 2.22. The molecule has 0 bridgehead atoms. The van der Waals surface area contributed by atoms with E-state index >= 15 is 0 Å². The number of hydrogen-bond acceptors (Lipinski definition) is 4. The predicted octanol–water partition coefficient (Wildman–Crippen LogP) is 1.51. The van der Waals surface area contributed by atoms with Crippen LogP contribution in [0.4, 0.5) is 0 Å². The molecule has 2 saturated heterocycles. The maximum Gasteiger partial charge on any atom is 0.208 e. The molecule has 2 fully saturated rings. The van der Waals surface area contributed by atoms with Gasteiger partial charge in [-0.25, -0.2) is 13.1 Å². The number of piperidine rings is 2. The normalized spacial score (nSPS) is 26.4. The monoisotopic (exact) mass is 331 g/mol. The zero-order valence-electron chi connectivity index (χ0n) is 14.3. The van der Waals surface area contributed by atoms with Crippen LogP contribution in [0.25, 0.3) is 0 Å². The Morgan fingerprint density at radius 2 is 1.77 bits per heavy atom. The van der Waals surface area contributed by atoms with E-state index in [0.29, 0.717) is 6.54 Å². The number of likely N-dealkylation sites (tertiary alicyclic amines) is 2. The summed E-state index contributed by atoms with van der Waals surface area (Å²) in [5.74, 6) is 0.855. The van der Waals surface area contributed by atoms with Gasteiger partial charge in [-0.1, -0.05) is 6.42 Å². The van der Waals surface area contributed by atoms with Crippen LogP contribution in [0.2, 0.25) is 0 Å². The first-order valence-electron chi connectivity index (χ1n) is 8.85. The van der Waals surface area contributed by atoms with Gasteiger partial charge in [0.1, 0.15) is 0 Å². The molecule has 0 aromatic rings. The van der Waals surface area contributed by atoms with Crippen molar-refractivity contribution in [2.75, 3.05) is 45.5 Å². The van der Waals surface area contributed by atoms with Crippen LogP contribution in [0.1, 0.15) is 45.4 Å². The van der Waals surface area contributed by atoms with Crippen LogP contribution in [-0.4, -0.2) is 69.8 Å². The third kappa shape index (κ3) is 6.52. The summed E-state index contributed by atoms with van der Waals surface area (Å²) in [6, 6.07) is 0.774. The lowest BCUT2D eigenvalue weighted by molar-refractivity contribution is 0.129. The molecule has 0 saturated carbocycles. The van der Waals surface area contributed by atoms with Crippen molar-refractivity contribution in [2.24, 2.45) is 5.92 Å². The Morgan fingerprint density at radius 3 is 2.41 bits per heavy atom. The standard InChI is InChI=1S/C16H33N3O2S/c1-15-5-3-4-10-19(15)13-8-16-6-11-18(12-7-16)14-9-17-22(2,20)21/h15-17H,3-14H2,1-2H3. The summed E-state index contributed by atoms with van der Waals surface area (Å²) in [6.45, 7) is 8.53. The van der Waals surface area contributed by atoms with Gasteiger partial charge in [0.05, 0.1) is 6.26 Å². The van der Waals surface area contributed by atoms with E-state index < -0.39 is 10.0 Å². The van der Waals surface area contributed by atoms with E-state index in [9.17, 15) is 8.42 Å². The zero-order chi connectivity index (χ0) is 16.0. The minimum absolute atomic E-state index is 0.537. The second kappa shape index (κ2) is 8.62. The SMILES string of the molecule is CC1CCCCN1CCC1CCN(CCNS(C)(=O)=O)CC1. The molecular weight excluding hydrogens is 298 g/mol. The van der Waals surface area contributed by atoms with Crippen molar-refractivity contribution in [1.29, 1.82) is 0 Å². The second-order valence-corrected chi connectivity index (χ2v) is 8.95. The number of sulfonamides is 1. The van der Waals surface area contributed by atoms with Gasteiger partial charge in [0, 0.05) is 19.1 Å². The first-order valence-corrected chi connectivity index (χ1v) is 10.7. The molecule has 5 nitrogen and oxygen atoms in total. The van der Waals surface area contributed by atoms with Gasteiger partial charge in [-0.15, -0.1) is 0 Å². The van der Waals surface area contributed by atoms with Gasteiger partial charge < -0.3 is 9.80 Å². The topological polar surface area (TPSA) is 52.6 Å². The second-order valence-electron chi connectivity index (χ2n) is 7.12. The Bertz CT molecular complexity index is 419. The molecule has 1 N–H and O–H groups in total. The van der Waals surface area contributed by atoms with Crippen LogP contribution < -0.4 is 4.72 Å². The quantitative estimate of drug-likeness (QED) is 0.768. The maximum absolute atomic E-state index is 11.1. The van der Waals surface area contributed by atoms with Gasteiger partial charge >= 0.3 is 0 Å². The molecule has 130 valence electrons. The van der Waals surface area contributed by atoms with Crippen LogP contribution in [0.5, 0.6) is 0 Å². The summed E-state index contributed by atoms with van der Waals surface area (Å²) in [6.07, 6.45) is 9.22. The van der Waals surface area contributed by atoms with Crippen molar-refractivity contribution in [1.82, 2.24) is 14.5 Å². The van der Waals surface area contributed by atoms with Crippen LogP contribution in [0.3, 0.4) is 0 Å². The van der Waals surface area contributed by atoms with Crippen molar-refractivity contribution in [3.05, 3.63) is 0 Å². The Balaban J connectivity index is 1.58. The number of hydrogen-bond donors (Lipinski definition) is 1. The highest BCUT2D eigenvalue weighted by atomic mass is 32.2. The third-order valence-corrected chi connectivity index (χ3v) is 5.99. The summed E-state index contributed by atoms with van der Waals surface area (Å²) in [7, 11) is -3.04. The van der Waals surface area contributed by atoms with Crippen molar-refractivity contribution in [3.8, 4) is 0 Å². The Kier molecular flexibility index (Phi) is 7.12. The molecule has 6 heteroatoms. The van der Waals surface area contributed by atoms with Gasteiger partial charge in [-0.3, -0.25) is 0 Å². The molecule has 2 aliphatic heterocycles. The molecule has 0 aromatic carbocycles. The lowest BCUT2D eigenvalue weighted by atomic mass is 9.92. The molecule has 1 unspecified atom stereocenters.